The molecule has 0 saturated carbocycles. The standard InChI is InChI=1S/C25H31ClN6OS2/c1-34-32-11-5-18(6-12-32)2-3-19-22(26)20(4-10-28-19)35-24-23(27)30-21(16-29-24)31-13-7-25(8-14-31)9-15-33-17-25/h4,10,16,18H,5-9,11-15,17H2,1H3,(H2,27,30). The van der Waals surface area contributed by atoms with Crippen LogP contribution in [0.2, 0.25) is 5.02 Å². The van der Waals surface area contributed by atoms with Gasteiger partial charge in [-0.15, -0.1) is 0 Å². The number of hydrogen-bond acceptors (Lipinski definition) is 9. The van der Waals surface area contributed by atoms with Gasteiger partial charge in [-0.25, -0.2) is 15.0 Å². The molecule has 10 heteroatoms. The van der Waals surface area contributed by atoms with Crippen LogP contribution in [0.3, 0.4) is 0 Å². The largest absolute Gasteiger partial charge is 0.381 e. The number of aromatic nitrogens is 3. The molecule has 186 valence electrons. The summed E-state index contributed by atoms with van der Waals surface area (Å²) in [5.41, 5.74) is 7.28. The van der Waals surface area contributed by atoms with Gasteiger partial charge in [-0.2, -0.15) is 0 Å². The molecule has 5 heterocycles. The van der Waals surface area contributed by atoms with Crippen molar-refractivity contribution in [3.05, 3.63) is 29.2 Å². The molecular weight excluding hydrogens is 500 g/mol. The van der Waals surface area contributed by atoms with Crippen LogP contribution in [0.1, 0.15) is 37.8 Å². The highest BCUT2D eigenvalue weighted by atomic mass is 35.5. The Kier molecular flexibility index (Phi) is 7.95. The minimum atomic E-state index is 0.357. The summed E-state index contributed by atoms with van der Waals surface area (Å²) in [4.78, 5) is 16.8. The molecule has 0 radical (unpaired) electrons. The molecule has 0 bridgehead atoms. The van der Waals surface area contributed by atoms with Crippen LogP contribution in [-0.2, 0) is 4.74 Å². The van der Waals surface area contributed by atoms with E-state index in [9.17, 15) is 0 Å². The van der Waals surface area contributed by atoms with Crippen LogP contribution < -0.4 is 10.6 Å². The van der Waals surface area contributed by atoms with E-state index in [0.717, 1.165) is 75.8 Å². The summed E-state index contributed by atoms with van der Waals surface area (Å²) in [6, 6.07) is 1.87. The molecule has 0 aliphatic carbocycles. The Hall–Kier alpha value is -1.70. The van der Waals surface area contributed by atoms with Gasteiger partial charge in [0.15, 0.2) is 5.82 Å². The molecule has 5 rings (SSSR count). The fraction of sp³-hybridized carbons (Fsp3) is 0.560. The lowest BCUT2D eigenvalue weighted by atomic mass is 9.78. The second-order valence-electron chi connectivity index (χ2n) is 9.44. The number of nitrogens with zero attached hydrogens (tertiary/aromatic N) is 5. The number of pyridine rings is 1. The smallest absolute Gasteiger partial charge is 0.158 e. The molecule has 7 nitrogen and oxygen atoms in total. The highest BCUT2D eigenvalue weighted by Crippen LogP contribution is 2.40. The van der Waals surface area contributed by atoms with Crippen LogP contribution in [0.15, 0.2) is 28.4 Å². The second kappa shape index (κ2) is 11.1. The summed E-state index contributed by atoms with van der Waals surface area (Å²) >= 11 is 9.89. The lowest BCUT2D eigenvalue weighted by molar-refractivity contribution is 0.133. The van der Waals surface area contributed by atoms with E-state index in [0.29, 0.717) is 32.9 Å². The van der Waals surface area contributed by atoms with Crippen LogP contribution in [-0.4, -0.2) is 64.9 Å². The number of rotatable bonds is 4. The van der Waals surface area contributed by atoms with Crippen LogP contribution in [0.4, 0.5) is 11.6 Å². The maximum absolute atomic E-state index is 6.68. The number of anilines is 2. The Balaban J connectivity index is 1.24. The van der Waals surface area contributed by atoms with Gasteiger partial charge < -0.3 is 15.4 Å². The van der Waals surface area contributed by atoms with Crippen LogP contribution in [0, 0.1) is 23.2 Å². The SMILES string of the molecule is CSN1CCC(C#Cc2nccc(Sc3ncc(N4CCC5(CCOC5)CC4)nc3N)c2Cl)CC1. The minimum absolute atomic E-state index is 0.357. The molecule has 0 amide bonds. The third-order valence-corrected chi connectivity index (χ3v) is 9.70. The first kappa shape index (κ1) is 25.0. The van der Waals surface area contributed by atoms with Crippen molar-refractivity contribution < 1.29 is 4.74 Å². The van der Waals surface area contributed by atoms with Crippen molar-refractivity contribution in [1.29, 1.82) is 0 Å². The van der Waals surface area contributed by atoms with E-state index in [2.05, 4.69) is 42.3 Å². The predicted octanol–water partition coefficient (Wildman–Crippen LogP) is 4.61. The molecule has 3 aliphatic rings. The van der Waals surface area contributed by atoms with E-state index in [4.69, 9.17) is 22.1 Å². The monoisotopic (exact) mass is 530 g/mol. The predicted molar refractivity (Wildman–Crippen MR) is 144 cm³/mol. The van der Waals surface area contributed by atoms with Crippen molar-refractivity contribution in [2.24, 2.45) is 11.3 Å². The van der Waals surface area contributed by atoms with Crippen molar-refractivity contribution in [3.63, 3.8) is 0 Å². The van der Waals surface area contributed by atoms with Gasteiger partial charge in [0.25, 0.3) is 0 Å². The van der Waals surface area contributed by atoms with Gasteiger partial charge in [0.05, 0.1) is 17.8 Å². The van der Waals surface area contributed by atoms with Gasteiger partial charge in [0, 0.05) is 49.8 Å². The van der Waals surface area contributed by atoms with E-state index in [1.807, 2.05) is 12.3 Å². The maximum atomic E-state index is 6.68. The van der Waals surface area contributed by atoms with E-state index in [-0.39, 0.29) is 0 Å². The summed E-state index contributed by atoms with van der Waals surface area (Å²) < 4.78 is 8.03. The molecule has 3 saturated heterocycles. The third kappa shape index (κ3) is 5.83. The molecule has 2 aromatic heterocycles. The molecule has 35 heavy (non-hydrogen) atoms. The van der Waals surface area contributed by atoms with E-state index in [1.54, 1.807) is 18.1 Å². The molecule has 1 spiro atoms. The Labute approximate surface area is 221 Å². The molecular formula is C25H31ClN6OS2. The first-order valence-electron chi connectivity index (χ1n) is 12.1. The van der Waals surface area contributed by atoms with Crippen molar-refractivity contribution in [3.8, 4) is 11.8 Å². The molecule has 3 aliphatic heterocycles. The highest BCUT2D eigenvalue weighted by Gasteiger charge is 2.38. The normalized spacial score (nSPS) is 20.7. The first-order valence-corrected chi connectivity index (χ1v) is 14.5. The van der Waals surface area contributed by atoms with Gasteiger partial charge in [0.1, 0.15) is 16.5 Å². The number of nitrogens with two attached hydrogens (primary N) is 1. The van der Waals surface area contributed by atoms with Crippen LogP contribution in [0.25, 0.3) is 0 Å². The summed E-state index contributed by atoms with van der Waals surface area (Å²) in [6.07, 6.45) is 11.2. The molecule has 0 aromatic carbocycles. The molecule has 0 atom stereocenters. The second-order valence-corrected chi connectivity index (χ2v) is 11.7. The number of halogens is 1. The number of ether oxygens (including phenoxy) is 1. The lowest BCUT2D eigenvalue weighted by Gasteiger charge is -2.38. The van der Waals surface area contributed by atoms with Gasteiger partial charge >= 0.3 is 0 Å². The summed E-state index contributed by atoms with van der Waals surface area (Å²) in [5, 5.41) is 1.18. The molecule has 3 fully saturated rings. The fourth-order valence-electron chi connectivity index (χ4n) is 4.92. The van der Waals surface area contributed by atoms with E-state index >= 15 is 0 Å². The number of piperidine rings is 2. The summed E-state index contributed by atoms with van der Waals surface area (Å²) in [5.74, 6) is 8.22. The molecule has 2 N–H and O–H groups in total. The first-order chi connectivity index (χ1) is 17.0. The zero-order chi connectivity index (χ0) is 24.3. The number of nitrogen functional groups attached to an aromatic ring is 1. The zero-order valence-corrected chi connectivity index (χ0v) is 22.4. The summed E-state index contributed by atoms with van der Waals surface area (Å²) in [6.45, 7) is 5.83. The van der Waals surface area contributed by atoms with Crippen molar-refractivity contribution >= 4 is 46.9 Å². The average Bonchev–Trinajstić information content (AvgIpc) is 3.34. The van der Waals surface area contributed by atoms with Crippen LogP contribution >= 0.6 is 35.3 Å². The van der Waals surface area contributed by atoms with Crippen molar-refractivity contribution in [2.75, 3.05) is 56.3 Å². The Morgan fingerprint density at radius 3 is 2.66 bits per heavy atom. The van der Waals surface area contributed by atoms with E-state index < -0.39 is 0 Å². The fourth-order valence-corrected chi connectivity index (χ4v) is 6.55. The third-order valence-electron chi connectivity index (χ3n) is 7.25. The van der Waals surface area contributed by atoms with Gasteiger partial charge in [0.2, 0.25) is 0 Å². The zero-order valence-electron chi connectivity index (χ0n) is 20.0. The van der Waals surface area contributed by atoms with Crippen molar-refractivity contribution in [2.45, 2.75) is 42.0 Å². The topological polar surface area (TPSA) is 80.4 Å². The van der Waals surface area contributed by atoms with Gasteiger partial charge in [-0.1, -0.05) is 41.2 Å². The minimum Gasteiger partial charge on any atom is -0.381 e. The Bertz CT molecular complexity index is 1100. The highest BCUT2D eigenvalue weighted by molar-refractivity contribution is 7.99. The maximum Gasteiger partial charge on any atom is 0.158 e. The Morgan fingerprint density at radius 2 is 1.97 bits per heavy atom. The lowest BCUT2D eigenvalue weighted by Crippen LogP contribution is -2.41. The quantitative estimate of drug-likeness (QED) is 0.450. The molecule has 2 aromatic rings. The molecule has 0 unspecified atom stereocenters. The van der Waals surface area contributed by atoms with Crippen molar-refractivity contribution in [1.82, 2.24) is 19.3 Å². The Morgan fingerprint density at radius 1 is 1.17 bits per heavy atom. The number of hydrogen-bond donors (Lipinski definition) is 1. The van der Waals surface area contributed by atoms with Gasteiger partial charge in [-0.05, 0) is 55.8 Å². The summed E-state index contributed by atoms with van der Waals surface area (Å²) in [7, 11) is 0. The van der Waals surface area contributed by atoms with E-state index in [1.165, 1.54) is 18.2 Å². The van der Waals surface area contributed by atoms with Gasteiger partial charge in [-0.3, -0.25) is 4.31 Å². The van der Waals surface area contributed by atoms with Crippen LogP contribution in [0.5, 0.6) is 0 Å². The average molecular weight is 531 g/mol.